The van der Waals surface area contributed by atoms with Gasteiger partial charge in [-0.25, -0.2) is 4.98 Å². The fourth-order valence-electron chi connectivity index (χ4n) is 8.98. The zero-order chi connectivity index (χ0) is 41.0. The van der Waals surface area contributed by atoms with Gasteiger partial charge in [-0.2, -0.15) is 0 Å². The van der Waals surface area contributed by atoms with Gasteiger partial charge in [0.2, 0.25) is 0 Å². The molecule has 0 N–H and O–H groups in total. The minimum absolute atomic E-state index is 0.861. The molecule has 10 aromatic carbocycles. The molecule has 292 valence electrons. The number of furan rings is 1. The highest BCUT2D eigenvalue weighted by Crippen LogP contribution is 2.47. The van der Waals surface area contributed by atoms with E-state index in [1.54, 1.807) is 11.3 Å². The van der Waals surface area contributed by atoms with Crippen LogP contribution in [0.25, 0.3) is 75.4 Å². The van der Waals surface area contributed by atoms with Gasteiger partial charge >= 0.3 is 0 Å². The highest BCUT2D eigenvalue weighted by atomic mass is 32.1. The minimum Gasteiger partial charge on any atom is -0.456 e. The predicted octanol–water partition coefficient (Wildman–Crippen LogP) is 16.8. The van der Waals surface area contributed by atoms with Crippen LogP contribution in [-0.4, -0.2) is 4.98 Å². The molecule has 2 aromatic heterocycles. The molecule has 0 amide bonds. The van der Waals surface area contributed by atoms with Gasteiger partial charge in [-0.05, 0) is 101 Å². The highest BCUT2D eigenvalue weighted by Gasteiger charge is 2.23. The van der Waals surface area contributed by atoms with Crippen LogP contribution in [0, 0.1) is 0 Å². The van der Waals surface area contributed by atoms with Crippen molar-refractivity contribution in [2.24, 2.45) is 0 Å². The number of nitrogens with zero attached hydrogens (tertiary/aromatic N) is 3. The molecule has 0 aliphatic rings. The molecule has 4 nitrogen and oxygen atoms in total. The van der Waals surface area contributed by atoms with Crippen LogP contribution in [0.4, 0.5) is 34.1 Å². The van der Waals surface area contributed by atoms with Gasteiger partial charge in [-0.15, -0.1) is 11.3 Å². The Morgan fingerprint density at radius 3 is 1.52 bits per heavy atom. The van der Waals surface area contributed by atoms with Gasteiger partial charge in [-0.3, -0.25) is 0 Å². The van der Waals surface area contributed by atoms with Gasteiger partial charge in [0.15, 0.2) is 0 Å². The molecule has 0 saturated carbocycles. The Kier molecular flexibility index (Phi) is 8.65. The Bertz CT molecular complexity index is 3530. The summed E-state index contributed by atoms with van der Waals surface area (Å²) in [6, 6.07) is 79.8. The van der Waals surface area contributed by atoms with E-state index in [0.29, 0.717) is 0 Å². The second-order valence-electron chi connectivity index (χ2n) is 15.6. The van der Waals surface area contributed by atoms with E-state index in [1.807, 2.05) is 12.1 Å². The molecule has 2 heterocycles. The van der Waals surface area contributed by atoms with Crippen LogP contribution >= 0.6 is 11.3 Å². The Hall–Kier alpha value is -7.99. The molecule has 0 aliphatic heterocycles. The Balaban J connectivity index is 1.14. The number of hydrogen-bond acceptors (Lipinski definition) is 5. The normalized spacial score (nSPS) is 11.5. The van der Waals surface area contributed by atoms with Crippen LogP contribution in [0.5, 0.6) is 0 Å². The second-order valence-corrected chi connectivity index (χ2v) is 16.6. The third-order valence-corrected chi connectivity index (χ3v) is 12.9. The summed E-state index contributed by atoms with van der Waals surface area (Å²) < 4.78 is 7.51. The van der Waals surface area contributed by atoms with Crippen molar-refractivity contribution >= 4 is 99.2 Å². The maximum Gasteiger partial charge on any atom is 0.135 e. The maximum absolute atomic E-state index is 6.32. The maximum atomic E-state index is 6.32. The van der Waals surface area contributed by atoms with Gasteiger partial charge in [0.25, 0.3) is 0 Å². The lowest BCUT2D eigenvalue weighted by Gasteiger charge is -2.30. The quantitative estimate of drug-likeness (QED) is 0.143. The lowest BCUT2D eigenvalue weighted by molar-refractivity contribution is 0.669. The van der Waals surface area contributed by atoms with Crippen molar-refractivity contribution in [3.63, 3.8) is 0 Å². The molecule has 62 heavy (non-hydrogen) atoms. The summed E-state index contributed by atoms with van der Waals surface area (Å²) >= 11 is 1.76. The molecular weight excluding hydrogens is 775 g/mol. The number of aromatic nitrogens is 1. The van der Waals surface area contributed by atoms with E-state index in [2.05, 4.69) is 222 Å². The van der Waals surface area contributed by atoms with E-state index in [1.165, 1.54) is 26.4 Å². The van der Waals surface area contributed by atoms with E-state index in [9.17, 15) is 0 Å². The molecule has 0 atom stereocenters. The minimum atomic E-state index is 0.861. The molecule has 5 heteroatoms. The number of anilines is 6. The first-order valence-corrected chi connectivity index (χ1v) is 21.7. The van der Waals surface area contributed by atoms with Crippen molar-refractivity contribution in [1.82, 2.24) is 4.98 Å². The lowest BCUT2D eigenvalue weighted by atomic mass is 10.0. The Morgan fingerprint density at radius 2 is 0.823 bits per heavy atom. The van der Waals surface area contributed by atoms with Crippen molar-refractivity contribution < 1.29 is 4.42 Å². The highest BCUT2D eigenvalue weighted by molar-refractivity contribution is 7.22. The van der Waals surface area contributed by atoms with E-state index < -0.39 is 0 Å². The van der Waals surface area contributed by atoms with E-state index in [0.717, 1.165) is 83.1 Å². The fourth-order valence-corrected chi connectivity index (χ4v) is 10.1. The van der Waals surface area contributed by atoms with Gasteiger partial charge in [0.1, 0.15) is 16.2 Å². The average molecular weight is 812 g/mol. The number of rotatable bonds is 8. The van der Waals surface area contributed by atoms with Crippen molar-refractivity contribution in [2.45, 2.75) is 0 Å². The summed E-state index contributed by atoms with van der Waals surface area (Å²) in [4.78, 5) is 10.3. The van der Waals surface area contributed by atoms with Crippen molar-refractivity contribution in [3.8, 4) is 21.7 Å². The van der Waals surface area contributed by atoms with Crippen molar-refractivity contribution in [3.05, 3.63) is 224 Å². The van der Waals surface area contributed by atoms with Gasteiger partial charge in [0, 0.05) is 61.2 Å². The van der Waals surface area contributed by atoms with Crippen LogP contribution in [0.1, 0.15) is 0 Å². The monoisotopic (exact) mass is 811 g/mol. The van der Waals surface area contributed by atoms with Crippen molar-refractivity contribution in [1.29, 1.82) is 0 Å². The summed E-state index contributed by atoms with van der Waals surface area (Å²) in [5.74, 6) is 0. The number of fused-ring (bicyclic) bond motifs is 9. The number of hydrogen-bond donors (Lipinski definition) is 0. The Morgan fingerprint density at radius 1 is 0.323 bits per heavy atom. The molecule has 0 spiro atoms. The SMILES string of the molecule is c1ccc(-c2cccc(N(c3ccccc3)c3cc(-c4nc5c6ccccc6c6ccccc6c5s4)cc(N(c4ccccc4)c4ccc5oc6ccccc6c5c4)c3)c2)cc1. The molecule has 0 fully saturated rings. The third kappa shape index (κ3) is 6.18. The molecule has 0 saturated heterocycles. The van der Waals surface area contributed by atoms with E-state index >= 15 is 0 Å². The first-order valence-electron chi connectivity index (χ1n) is 20.9. The van der Waals surface area contributed by atoms with E-state index in [-0.39, 0.29) is 0 Å². The molecule has 12 aromatic rings. The summed E-state index contributed by atoms with van der Waals surface area (Å²) in [6.07, 6.45) is 0. The molecule has 0 bridgehead atoms. The van der Waals surface area contributed by atoms with Gasteiger partial charge < -0.3 is 14.2 Å². The van der Waals surface area contributed by atoms with E-state index in [4.69, 9.17) is 9.40 Å². The fraction of sp³-hybridized carbons (Fsp3) is 0. The average Bonchev–Trinajstić information content (AvgIpc) is 3.96. The first-order chi connectivity index (χ1) is 30.7. The van der Waals surface area contributed by atoms with Crippen LogP contribution < -0.4 is 9.80 Å². The van der Waals surface area contributed by atoms with Gasteiger partial charge in [0.05, 0.1) is 10.2 Å². The summed E-state index contributed by atoms with van der Waals surface area (Å²) in [5, 5.41) is 7.96. The topological polar surface area (TPSA) is 32.5 Å². The summed E-state index contributed by atoms with van der Waals surface area (Å²) in [6.45, 7) is 0. The van der Waals surface area contributed by atoms with Gasteiger partial charge in [-0.1, -0.05) is 146 Å². The third-order valence-electron chi connectivity index (χ3n) is 11.8. The molecular formula is C57H37N3OS. The lowest BCUT2D eigenvalue weighted by Crippen LogP contribution is -2.13. The smallest absolute Gasteiger partial charge is 0.135 e. The largest absolute Gasteiger partial charge is 0.456 e. The number of para-hydroxylation sites is 3. The number of benzene rings is 10. The second kappa shape index (κ2) is 14.9. The zero-order valence-electron chi connectivity index (χ0n) is 33.5. The van der Waals surface area contributed by atoms with Crippen LogP contribution in [-0.2, 0) is 0 Å². The van der Waals surface area contributed by atoms with Crippen LogP contribution in [0.3, 0.4) is 0 Å². The van der Waals surface area contributed by atoms with Crippen molar-refractivity contribution in [2.75, 3.05) is 9.80 Å². The molecule has 12 rings (SSSR count). The van der Waals surface area contributed by atoms with Crippen LogP contribution in [0.15, 0.2) is 229 Å². The first kappa shape index (κ1) is 35.9. The molecule has 0 unspecified atom stereocenters. The number of thiazole rings is 1. The zero-order valence-corrected chi connectivity index (χ0v) is 34.3. The van der Waals surface area contributed by atoms with Crippen LogP contribution in [0.2, 0.25) is 0 Å². The molecule has 0 aliphatic carbocycles. The Labute approximate surface area is 362 Å². The summed E-state index contributed by atoms with van der Waals surface area (Å²) in [7, 11) is 0. The standard InChI is InChI=1S/C57H37N3OS/c1-4-17-38(18-5-1)39-19-16-24-43(33-39)59(41-20-6-2-7-21-41)45-34-40(57-58-55-50-28-12-10-25-47(50)48-26-11-13-29-51(48)56(55)62-57)35-46(36-45)60(42-22-8-3-9-23-42)44-31-32-54-52(37-44)49-27-14-15-30-53(49)61-54/h1-37H. The molecule has 0 radical (unpaired) electrons. The summed E-state index contributed by atoms with van der Waals surface area (Å²) in [5.41, 5.74) is 12.3. The predicted molar refractivity (Wildman–Crippen MR) is 262 cm³/mol.